The number of halogens is 2. The van der Waals surface area contributed by atoms with Crippen LogP contribution in [0, 0.1) is 5.82 Å². The second-order valence-corrected chi connectivity index (χ2v) is 6.03. The monoisotopic (exact) mass is 389 g/mol. The molecule has 3 aromatic rings. The molecule has 1 heterocycles. The summed E-state index contributed by atoms with van der Waals surface area (Å²) in [4.78, 5) is 11.5. The number of carbonyl (C=O) groups excluding carboxylic acids is 1. The van der Waals surface area contributed by atoms with Crippen LogP contribution in [0.4, 0.5) is 25.0 Å². The standard InChI is InChI=1S/C20H21F2N3O3/c1-3-25-17-11-13(27-2)5-6-14(17)18(23)19(25)12-4-7-16(15(22)10-12)24-20(26)28-9-8-21/h4-7,10-11H,3,8-9,23H2,1-2H3,(H,24,26). The highest BCUT2D eigenvalue weighted by atomic mass is 19.1. The summed E-state index contributed by atoms with van der Waals surface area (Å²) in [6, 6.07) is 9.93. The van der Waals surface area contributed by atoms with Gasteiger partial charge in [0.15, 0.2) is 0 Å². The molecule has 6 nitrogen and oxygen atoms in total. The van der Waals surface area contributed by atoms with Gasteiger partial charge in [-0.1, -0.05) is 6.07 Å². The molecule has 0 aliphatic heterocycles. The lowest BCUT2D eigenvalue weighted by molar-refractivity contribution is 0.152. The van der Waals surface area contributed by atoms with E-state index in [-0.39, 0.29) is 12.3 Å². The van der Waals surface area contributed by atoms with Crippen LogP contribution in [0.15, 0.2) is 36.4 Å². The number of benzene rings is 2. The highest BCUT2D eigenvalue weighted by Gasteiger charge is 2.18. The van der Waals surface area contributed by atoms with E-state index in [2.05, 4.69) is 10.1 Å². The zero-order valence-electron chi connectivity index (χ0n) is 15.6. The van der Waals surface area contributed by atoms with Gasteiger partial charge in [-0.2, -0.15) is 0 Å². The molecule has 0 aliphatic rings. The molecule has 0 spiro atoms. The van der Waals surface area contributed by atoms with Crippen LogP contribution in [0.3, 0.4) is 0 Å². The average molecular weight is 389 g/mol. The molecule has 0 saturated heterocycles. The summed E-state index contributed by atoms with van der Waals surface area (Å²) in [5.41, 5.74) is 8.94. The van der Waals surface area contributed by atoms with Crippen LogP contribution in [0.1, 0.15) is 6.92 Å². The van der Waals surface area contributed by atoms with Crippen molar-refractivity contribution in [3.8, 4) is 17.0 Å². The Kier molecular flexibility index (Phi) is 5.67. The number of anilines is 2. The highest BCUT2D eigenvalue weighted by Crippen LogP contribution is 2.38. The van der Waals surface area contributed by atoms with Gasteiger partial charge in [-0.3, -0.25) is 5.32 Å². The summed E-state index contributed by atoms with van der Waals surface area (Å²) >= 11 is 0. The van der Waals surface area contributed by atoms with Crippen molar-refractivity contribution in [1.29, 1.82) is 0 Å². The van der Waals surface area contributed by atoms with E-state index in [1.165, 1.54) is 12.1 Å². The topological polar surface area (TPSA) is 78.5 Å². The SMILES string of the molecule is CCn1c(-c2ccc(NC(=O)OCCF)c(F)c2)c(N)c2ccc(OC)cc21. The maximum atomic E-state index is 14.5. The number of ether oxygens (including phenoxy) is 2. The Morgan fingerprint density at radius 2 is 2.04 bits per heavy atom. The largest absolute Gasteiger partial charge is 0.497 e. The van der Waals surface area contributed by atoms with Gasteiger partial charge in [0, 0.05) is 23.6 Å². The molecule has 3 N–H and O–H groups in total. The number of rotatable bonds is 6. The lowest BCUT2D eigenvalue weighted by atomic mass is 10.1. The molecule has 0 bridgehead atoms. The number of fused-ring (bicyclic) bond motifs is 1. The third-order valence-corrected chi connectivity index (χ3v) is 4.42. The van der Waals surface area contributed by atoms with Crippen molar-refractivity contribution in [3.63, 3.8) is 0 Å². The number of nitrogens with zero attached hydrogens (tertiary/aromatic N) is 1. The Morgan fingerprint density at radius 3 is 2.68 bits per heavy atom. The second-order valence-electron chi connectivity index (χ2n) is 6.03. The number of nitrogen functional groups attached to an aromatic ring is 1. The second kappa shape index (κ2) is 8.16. The number of amides is 1. The summed E-state index contributed by atoms with van der Waals surface area (Å²) in [5.74, 6) is 0.0448. The molecule has 0 unspecified atom stereocenters. The van der Waals surface area contributed by atoms with Crippen molar-refractivity contribution in [1.82, 2.24) is 4.57 Å². The molecule has 0 atom stereocenters. The Bertz CT molecular complexity index is 1020. The summed E-state index contributed by atoms with van der Waals surface area (Å²) in [5, 5.41) is 3.09. The van der Waals surface area contributed by atoms with Crippen LogP contribution in [-0.4, -0.2) is 31.1 Å². The average Bonchev–Trinajstić information content (AvgIpc) is 2.99. The quantitative estimate of drug-likeness (QED) is 0.647. The zero-order valence-corrected chi connectivity index (χ0v) is 15.6. The molecule has 148 valence electrons. The molecule has 1 amide bonds. The molecule has 28 heavy (non-hydrogen) atoms. The molecule has 0 saturated carbocycles. The first-order valence-corrected chi connectivity index (χ1v) is 8.75. The minimum Gasteiger partial charge on any atom is -0.497 e. The van der Waals surface area contributed by atoms with Gasteiger partial charge in [0.1, 0.15) is 24.8 Å². The van der Waals surface area contributed by atoms with E-state index in [0.717, 1.165) is 10.9 Å². The van der Waals surface area contributed by atoms with E-state index in [0.29, 0.717) is 29.2 Å². The normalized spacial score (nSPS) is 10.9. The van der Waals surface area contributed by atoms with Gasteiger partial charge >= 0.3 is 6.09 Å². The van der Waals surface area contributed by atoms with Gasteiger partial charge in [-0.05, 0) is 31.2 Å². The van der Waals surface area contributed by atoms with Gasteiger partial charge in [-0.25, -0.2) is 13.6 Å². The van der Waals surface area contributed by atoms with Crippen LogP contribution in [0.25, 0.3) is 22.2 Å². The van der Waals surface area contributed by atoms with Gasteiger partial charge < -0.3 is 19.8 Å². The van der Waals surface area contributed by atoms with E-state index in [1.807, 2.05) is 29.7 Å². The predicted molar refractivity (Wildman–Crippen MR) is 105 cm³/mol. The van der Waals surface area contributed by atoms with Crippen LogP contribution in [0.2, 0.25) is 0 Å². The molecular formula is C20H21F2N3O3. The Hall–Kier alpha value is -3.29. The van der Waals surface area contributed by atoms with Crippen molar-refractivity contribution in [2.24, 2.45) is 0 Å². The van der Waals surface area contributed by atoms with Gasteiger partial charge in [-0.15, -0.1) is 0 Å². The maximum absolute atomic E-state index is 14.5. The van der Waals surface area contributed by atoms with Gasteiger partial charge in [0.25, 0.3) is 0 Å². The first-order chi connectivity index (χ1) is 13.5. The van der Waals surface area contributed by atoms with Crippen LogP contribution in [-0.2, 0) is 11.3 Å². The fourth-order valence-electron chi connectivity index (χ4n) is 3.16. The summed E-state index contributed by atoms with van der Waals surface area (Å²) in [6.07, 6.45) is -0.918. The minimum atomic E-state index is -0.918. The number of nitrogens with one attached hydrogen (secondary N) is 1. The van der Waals surface area contributed by atoms with Crippen LogP contribution >= 0.6 is 0 Å². The van der Waals surface area contributed by atoms with Gasteiger partial charge in [0.2, 0.25) is 0 Å². The smallest absolute Gasteiger partial charge is 0.411 e. The van der Waals surface area contributed by atoms with E-state index in [9.17, 15) is 13.6 Å². The van der Waals surface area contributed by atoms with Crippen molar-refractivity contribution in [2.45, 2.75) is 13.5 Å². The Morgan fingerprint density at radius 1 is 1.25 bits per heavy atom. The number of hydrogen-bond donors (Lipinski definition) is 2. The van der Waals surface area contributed by atoms with Crippen molar-refractivity contribution in [3.05, 3.63) is 42.2 Å². The third kappa shape index (κ3) is 3.58. The summed E-state index contributed by atoms with van der Waals surface area (Å²) in [7, 11) is 1.59. The number of nitrogens with two attached hydrogens (primary N) is 1. The first kappa shape index (κ1) is 19.5. The fraction of sp³-hybridized carbons (Fsp3) is 0.250. The minimum absolute atomic E-state index is 0.0630. The van der Waals surface area contributed by atoms with Crippen LogP contribution < -0.4 is 15.8 Å². The Balaban J connectivity index is 2.01. The third-order valence-electron chi connectivity index (χ3n) is 4.42. The first-order valence-electron chi connectivity index (χ1n) is 8.75. The number of alkyl halides is 1. The molecule has 3 rings (SSSR count). The molecule has 0 radical (unpaired) electrons. The number of aryl methyl sites for hydroxylation is 1. The van der Waals surface area contributed by atoms with Crippen molar-refractivity contribution < 1.29 is 23.0 Å². The van der Waals surface area contributed by atoms with E-state index in [1.54, 1.807) is 13.2 Å². The maximum Gasteiger partial charge on any atom is 0.411 e. The fourth-order valence-corrected chi connectivity index (χ4v) is 3.16. The molecule has 0 fully saturated rings. The molecule has 1 aromatic heterocycles. The number of carbonyl (C=O) groups is 1. The molecule has 2 aromatic carbocycles. The molecule has 0 aliphatic carbocycles. The van der Waals surface area contributed by atoms with E-state index >= 15 is 0 Å². The lowest BCUT2D eigenvalue weighted by Crippen LogP contribution is -2.16. The zero-order chi connectivity index (χ0) is 20.3. The summed E-state index contributed by atoms with van der Waals surface area (Å²) < 4.78 is 38.4. The molecular weight excluding hydrogens is 368 g/mol. The predicted octanol–water partition coefficient (Wildman–Crippen LogP) is 4.58. The van der Waals surface area contributed by atoms with Crippen LogP contribution in [0.5, 0.6) is 5.75 Å². The summed E-state index contributed by atoms with van der Waals surface area (Å²) in [6.45, 7) is 1.39. The number of aromatic nitrogens is 1. The number of hydrogen-bond acceptors (Lipinski definition) is 4. The van der Waals surface area contributed by atoms with Crippen molar-refractivity contribution in [2.75, 3.05) is 31.4 Å². The van der Waals surface area contributed by atoms with Crippen molar-refractivity contribution >= 4 is 28.4 Å². The van der Waals surface area contributed by atoms with Gasteiger partial charge in [0.05, 0.1) is 29.7 Å². The number of methoxy groups -OCH3 is 1. The van der Waals surface area contributed by atoms with E-state index < -0.39 is 18.6 Å². The lowest BCUT2D eigenvalue weighted by Gasteiger charge is -2.12. The highest BCUT2D eigenvalue weighted by molar-refractivity contribution is 6.01. The van der Waals surface area contributed by atoms with E-state index in [4.69, 9.17) is 10.5 Å². The Labute approximate surface area is 160 Å². The molecule has 8 heteroatoms.